The normalized spacial score (nSPS) is 27.1. The van der Waals surface area contributed by atoms with Crippen molar-refractivity contribution < 1.29 is 13.9 Å². The Morgan fingerprint density at radius 2 is 2.28 bits per heavy atom. The molecule has 4 rings (SSSR count). The molecule has 0 bridgehead atoms. The molecule has 4 heterocycles. The van der Waals surface area contributed by atoms with Crippen LogP contribution in [0.5, 0.6) is 0 Å². The summed E-state index contributed by atoms with van der Waals surface area (Å²) in [5.41, 5.74) is 1.06. The van der Waals surface area contributed by atoms with Gasteiger partial charge in [0.25, 0.3) is 0 Å². The Bertz CT molecular complexity index is 646. The molecular weight excluding hydrogens is 316 g/mol. The van der Waals surface area contributed by atoms with Crippen molar-refractivity contribution in [2.75, 3.05) is 26.3 Å². The highest BCUT2D eigenvalue weighted by Gasteiger charge is 2.46. The summed E-state index contributed by atoms with van der Waals surface area (Å²) in [5.74, 6) is 1.03. The summed E-state index contributed by atoms with van der Waals surface area (Å²) in [5, 5.41) is 0. The molecule has 0 radical (unpaired) electrons. The maximum Gasteiger partial charge on any atom is 0.117 e. The maximum atomic E-state index is 6.13. The van der Waals surface area contributed by atoms with E-state index in [1.165, 1.54) is 0 Å². The fourth-order valence-electron chi connectivity index (χ4n) is 4.19. The molecule has 0 saturated carbocycles. The Hall–Kier alpha value is -1.69. The van der Waals surface area contributed by atoms with Gasteiger partial charge in [0, 0.05) is 31.3 Å². The van der Waals surface area contributed by atoms with Crippen molar-refractivity contribution in [2.45, 2.75) is 38.5 Å². The Balaban J connectivity index is 1.40. The van der Waals surface area contributed by atoms with Crippen LogP contribution in [0.15, 0.2) is 47.2 Å². The van der Waals surface area contributed by atoms with E-state index in [-0.39, 0.29) is 5.41 Å². The lowest BCUT2D eigenvalue weighted by Crippen LogP contribution is -2.56. The predicted octanol–water partition coefficient (Wildman–Crippen LogP) is 3.26. The average molecular weight is 342 g/mol. The quantitative estimate of drug-likeness (QED) is 0.806. The third kappa shape index (κ3) is 3.94. The number of hydrogen-bond acceptors (Lipinski definition) is 5. The topological polar surface area (TPSA) is 47.7 Å². The largest absolute Gasteiger partial charge is 0.468 e. The fourth-order valence-corrected chi connectivity index (χ4v) is 4.19. The molecule has 0 unspecified atom stereocenters. The molecule has 2 aliphatic heterocycles. The first-order valence-corrected chi connectivity index (χ1v) is 9.18. The van der Waals surface area contributed by atoms with Crippen LogP contribution in [0, 0.1) is 5.41 Å². The van der Waals surface area contributed by atoms with Crippen LogP contribution in [-0.4, -0.2) is 42.3 Å². The average Bonchev–Trinajstić information content (AvgIpc) is 3.15. The van der Waals surface area contributed by atoms with Crippen molar-refractivity contribution in [3.8, 4) is 0 Å². The molecule has 25 heavy (non-hydrogen) atoms. The van der Waals surface area contributed by atoms with Crippen LogP contribution >= 0.6 is 0 Å². The molecule has 2 fully saturated rings. The number of fused-ring (bicyclic) bond motifs is 1. The zero-order valence-corrected chi connectivity index (χ0v) is 14.6. The van der Waals surface area contributed by atoms with Crippen molar-refractivity contribution in [1.82, 2.24) is 9.88 Å². The van der Waals surface area contributed by atoms with Gasteiger partial charge in [-0.05, 0) is 43.5 Å². The SMILES string of the molecule is c1ccc(COC[C@]23CCCO[C@H]2CCN(Cc2ccco2)C3)nc1. The summed E-state index contributed by atoms with van der Waals surface area (Å²) in [4.78, 5) is 6.83. The van der Waals surface area contributed by atoms with Gasteiger partial charge in [-0.25, -0.2) is 0 Å². The van der Waals surface area contributed by atoms with Crippen LogP contribution in [-0.2, 0) is 22.6 Å². The molecule has 0 aromatic carbocycles. The van der Waals surface area contributed by atoms with E-state index in [2.05, 4.69) is 9.88 Å². The Kier molecular flexibility index (Phi) is 5.15. The van der Waals surface area contributed by atoms with Crippen LogP contribution < -0.4 is 0 Å². The van der Waals surface area contributed by atoms with E-state index < -0.39 is 0 Å². The summed E-state index contributed by atoms with van der Waals surface area (Å²) in [6, 6.07) is 9.95. The fraction of sp³-hybridized carbons (Fsp3) is 0.550. The number of hydrogen-bond donors (Lipinski definition) is 0. The monoisotopic (exact) mass is 342 g/mol. The van der Waals surface area contributed by atoms with Gasteiger partial charge in [0.05, 0.1) is 37.8 Å². The number of ether oxygens (including phenoxy) is 2. The highest BCUT2D eigenvalue weighted by atomic mass is 16.5. The zero-order valence-electron chi connectivity index (χ0n) is 14.6. The van der Waals surface area contributed by atoms with Gasteiger partial charge < -0.3 is 13.9 Å². The van der Waals surface area contributed by atoms with E-state index in [9.17, 15) is 0 Å². The molecule has 5 heteroatoms. The van der Waals surface area contributed by atoms with Crippen molar-refractivity contribution in [3.05, 3.63) is 54.2 Å². The predicted molar refractivity (Wildman–Crippen MR) is 93.9 cm³/mol. The van der Waals surface area contributed by atoms with Gasteiger partial charge in [0.15, 0.2) is 0 Å². The van der Waals surface area contributed by atoms with E-state index in [0.29, 0.717) is 12.7 Å². The maximum absolute atomic E-state index is 6.13. The molecule has 0 aliphatic carbocycles. The lowest BCUT2D eigenvalue weighted by Gasteiger charge is -2.50. The molecule has 2 aromatic heterocycles. The lowest BCUT2D eigenvalue weighted by molar-refractivity contribution is -0.156. The van der Waals surface area contributed by atoms with E-state index in [4.69, 9.17) is 13.9 Å². The van der Waals surface area contributed by atoms with E-state index in [0.717, 1.165) is 63.6 Å². The summed E-state index contributed by atoms with van der Waals surface area (Å²) < 4.78 is 17.8. The summed E-state index contributed by atoms with van der Waals surface area (Å²) in [7, 11) is 0. The molecule has 0 spiro atoms. The minimum Gasteiger partial charge on any atom is -0.468 e. The van der Waals surface area contributed by atoms with Gasteiger partial charge in [0.2, 0.25) is 0 Å². The first-order valence-electron chi connectivity index (χ1n) is 9.18. The molecular formula is C20H26N2O3. The van der Waals surface area contributed by atoms with E-state index in [1.807, 2.05) is 36.5 Å². The lowest BCUT2D eigenvalue weighted by atomic mass is 9.73. The Morgan fingerprint density at radius 3 is 3.12 bits per heavy atom. The smallest absolute Gasteiger partial charge is 0.117 e. The van der Waals surface area contributed by atoms with Crippen molar-refractivity contribution >= 4 is 0 Å². The van der Waals surface area contributed by atoms with Crippen LogP contribution in [0.25, 0.3) is 0 Å². The molecule has 134 valence electrons. The van der Waals surface area contributed by atoms with Crippen molar-refractivity contribution in [3.63, 3.8) is 0 Å². The highest BCUT2D eigenvalue weighted by molar-refractivity contribution is 5.03. The molecule has 2 saturated heterocycles. The van der Waals surface area contributed by atoms with Gasteiger partial charge in [-0.3, -0.25) is 9.88 Å². The van der Waals surface area contributed by atoms with Crippen molar-refractivity contribution in [2.24, 2.45) is 5.41 Å². The minimum atomic E-state index is 0.0812. The summed E-state index contributed by atoms with van der Waals surface area (Å²) in [6.45, 7) is 5.08. The highest BCUT2D eigenvalue weighted by Crippen LogP contribution is 2.41. The van der Waals surface area contributed by atoms with Gasteiger partial charge in [-0.15, -0.1) is 0 Å². The number of furan rings is 1. The van der Waals surface area contributed by atoms with Crippen molar-refractivity contribution in [1.29, 1.82) is 0 Å². The molecule has 2 aromatic rings. The summed E-state index contributed by atoms with van der Waals surface area (Å²) >= 11 is 0. The standard InChI is InChI=1S/C20H26N2O3/c1-2-9-21-17(5-1)14-23-16-20-8-4-12-25-19(20)7-10-22(15-20)13-18-6-3-11-24-18/h1-3,5-6,9,11,19H,4,7-8,10,12-16H2/t19-,20+/m0/s1. The van der Waals surface area contributed by atoms with E-state index in [1.54, 1.807) is 6.26 Å². The number of piperidine rings is 1. The second kappa shape index (κ2) is 7.68. The first kappa shape index (κ1) is 16.8. The van der Waals surface area contributed by atoms with Crippen LogP contribution in [0.4, 0.5) is 0 Å². The molecule has 0 N–H and O–H groups in total. The van der Waals surface area contributed by atoms with Gasteiger partial charge in [-0.2, -0.15) is 0 Å². The Morgan fingerprint density at radius 1 is 1.28 bits per heavy atom. The number of pyridine rings is 1. The summed E-state index contributed by atoms with van der Waals surface area (Å²) in [6.07, 6.45) is 7.20. The number of rotatable bonds is 6. The third-order valence-electron chi connectivity index (χ3n) is 5.39. The molecule has 5 nitrogen and oxygen atoms in total. The zero-order chi connectivity index (χ0) is 17.0. The number of aromatic nitrogens is 1. The molecule has 2 aliphatic rings. The number of nitrogens with zero attached hydrogens (tertiary/aromatic N) is 2. The first-order chi connectivity index (χ1) is 12.3. The minimum absolute atomic E-state index is 0.0812. The van der Waals surface area contributed by atoms with Gasteiger partial charge >= 0.3 is 0 Å². The van der Waals surface area contributed by atoms with E-state index >= 15 is 0 Å². The molecule has 0 amide bonds. The van der Waals surface area contributed by atoms with Crippen LogP contribution in [0.3, 0.4) is 0 Å². The van der Waals surface area contributed by atoms with Gasteiger partial charge in [0.1, 0.15) is 5.76 Å². The molecule has 2 atom stereocenters. The van der Waals surface area contributed by atoms with Gasteiger partial charge in [-0.1, -0.05) is 6.07 Å². The van der Waals surface area contributed by atoms with Crippen LogP contribution in [0.2, 0.25) is 0 Å². The second-order valence-corrected chi connectivity index (χ2v) is 7.22. The third-order valence-corrected chi connectivity index (χ3v) is 5.39. The van der Waals surface area contributed by atoms with Crippen LogP contribution in [0.1, 0.15) is 30.7 Å². The Labute approximate surface area is 148 Å². The number of likely N-dealkylation sites (tertiary alicyclic amines) is 1. The second-order valence-electron chi connectivity index (χ2n) is 7.22.